The topological polar surface area (TPSA) is 59.0 Å². The number of aromatic nitrogens is 2. The number of para-hydroxylation sites is 1. The van der Waals surface area contributed by atoms with Crippen molar-refractivity contribution in [2.24, 2.45) is 5.92 Å². The molecule has 1 atom stereocenters. The summed E-state index contributed by atoms with van der Waals surface area (Å²) in [6, 6.07) is 18.7. The van der Waals surface area contributed by atoms with Crippen LogP contribution in [0.15, 0.2) is 54.6 Å². The molecule has 1 amide bonds. The van der Waals surface area contributed by atoms with Crippen molar-refractivity contribution in [1.29, 1.82) is 0 Å². The molecule has 0 saturated carbocycles. The van der Waals surface area contributed by atoms with Crippen LogP contribution in [0.3, 0.4) is 0 Å². The molecule has 0 aliphatic carbocycles. The van der Waals surface area contributed by atoms with Gasteiger partial charge >= 0.3 is 0 Å². The summed E-state index contributed by atoms with van der Waals surface area (Å²) < 4.78 is 1.87. The predicted octanol–water partition coefficient (Wildman–Crippen LogP) is 4.98. The van der Waals surface area contributed by atoms with E-state index >= 15 is 0 Å². The standard InChI is InChI=1S/C25H32N4O/c1-6-20-12-14-21(15-13-20)24(17(2)3)26-16-23(30)27-25-18(4)28-29(19(25)5)22-10-8-7-9-11-22/h7-15,17,24,26H,6,16H2,1-5H3,(H,27,30)/t24-/m0/s1. The Morgan fingerprint density at radius 1 is 1.03 bits per heavy atom. The van der Waals surface area contributed by atoms with E-state index in [4.69, 9.17) is 0 Å². The van der Waals surface area contributed by atoms with Gasteiger partial charge in [-0.25, -0.2) is 4.68 Å². The molecule has 0 radical (unpaired) electrons. The van der Waals surface area contributed by atoms with Gasteiger partial charge in [0.1, 0.15) is 0 Å². The van der Waals surface area contributed by atoms with Gasteiger partial charge in [0.05, 0.1) is 29.3 Å². The third-order valence-electron chi connectivity index (χ3n) is 5.45. The van der Waals surface area contributed by atoms with Gasteiger partial charge in [-0.05, 0) is 49.4 Å². The van der Waals surface area contributed by atoms with Crippen LogP contribution in [0, 0.1) is 19.8 Å². The molecule has 5 heteroatoms. The lowest BCUT2D eigenvalue weighted by Crippen LogP contribution is -2.33. The van der Waals surface area contributed by atoms with Gasteiger partial charge in [-0.1, -0.05) is 63.2 Å². The van der Waals surface area contributed by atoms with Crippen LogP contribution in [-0.4, -0.2) is 22.2 Å². The number of hydrogen-bond acceptors (Lipinski definition) is 3. The highest BCUT2D eigenvalue weighted by Crippen LogP contribution is 2.24. The first kappa shape index (κ1) is 21.8. The number of amides is 1. The van der Waals surface area contributed by atoms with Gasteiger partial charge in [-0.2, -0.15) is 5.10 Å². The van der Waals surface area contributed by atoms with Gasteiger partial charge in [0.2, 0.25) is 5.91 Å². The normalized spacial score (nSPS) is 12.2. The van der Waals surface area contributed by atoms with Gasteiger partial charge in [0.15, 0.2) is 0 Å². The van der Waals surface area contributed by atoms with E-state index in [-0.39, 0.29) is 18.5 Å². The third-order valence-corrected chi connectivity index (χ3v) is 5.45. The van der Waals surface area contributed by atoms with Gasteiger partial charge < -0.3 is 10.6 Å². The second-order valence-electron chi connectivity index (χ2n) is 8.04. The minimum Gasteiger partial charge on any atom is -0.322 e. The second kappa shape index (κ2) is 9.72. The zero-order valence-electron chi connectivity index (χ0n) is 18.6. The Morgan fingerprint density at radius 3 is 2.30 bits per heavy atom. The quantitative estimate of drug-likeness (QED) is 0.557. The highest BCUT2D eigenvalue weighted by Gasteiger charge is 2.19. The number of aryl methyl sites for hydroxylation is 2. The minimum absolute atomic E-state index is 0.0651. The number of hydrogen-bond donors (Lipinski definition) is 2. The average Bonchev–Trinajstić information content (AvgIpc) is 3.03. The monoisotopic (exact) mass is 404 g/mol. The molecule has 2 N–H and O–H groups in total. The summed E-state index contributed by atoms with van der Waals surface area (Å²) in [5.74, 6) is 0.305. The molecule has 2 aromatic carbocycles. The molecule has 0 unspecified atom stereocenters. The van der Waals surface area contributed by atoms with Crippen molar-refractivity contribution < 1.29 is 4.79 Å². The fourth-order valence-electron chi connectivity index (χ4n) is 3.73. The lowest BCUT2D eigenvalue weighted by atomic mass is 9.95. The average molecular weight is 405 g/mol. The minimum atomic E-state index is -0.0651. The van der Waals surface area contributed by atoms with Gasteiger partial charge in [0.25, 0.3) is 0 Å². The molecule has 30 heavy (non-hydrogen) atoms. The largest absolute Gasteiger partial charge is 0.322 e. The van der Waals surface area contributed by atoms with E-state index in [1.165, 1.54) is 11.1 Å². The van der Waals surface area contributed by atoms with Gasteiger partial charge in [-0.3, -0.25) is 4.79 Å². The van der Waals surface area contributed by atoms with Crippen LogP contribution in [0.2, 0.25) is 0 Å². The molecule has 5 nitrogen and oxygen atoms in total. The molecule has 0 fully saturated rings. The molecule has 3 aromatic rings. The van der Waals surface area contributed by atoms with Crippen LogP contribution >= 0.6 is 0 Å². The van der Waals surface area contributed by atoms with E-state index in [1.807, 2.05) is 48.9 Å². The number of anilines is 1. The van der Waals surface area contributed by atoms with Gasteiger partial charge in [0, 0.05) is 6.04 Å². The Bertz CT molecular complexity index is 974. The van der Waals surface area contributed by atoms with E-state index < -0.39 is 0 Å². The summed E-state index contributed by atoms with van der Waals surface area (Å²) in [6.45, 7) is 10.6. The van der Waals surface area contributed by atoms with Crippen molar-refractivity contribution >= 4 is 11.6 Å². The SMILES string of the molecule is CCc1ccc([C@@H](NCC(=O)Nc2c(C)nn(-c3ccccc3)c2C)C(C)C)cc1. The summed E-state index contributed by atoms with van der Waals surface area (Å²) in [5.41, 5.74) is 6.01. The number of rotatable bonds is 8. The summed E-state index contributed by atoms with van der Waals surface area (Å²) in [5, 5.41) is 11.1. The van der Waals surface area contributed by atoms with Crippen LogP contribution < -0.4 is 10.6 Å². The molecular weight excluding hydrogens is 372 g/mol. The highest BCUT2D eigenvalue weighted by molar-refractivity contribution is 5.93. The van der Waals surface area contributed by atoms with Crippen LogP contribution in [0.5, 0.6) is 0 Å². The van der Waals surface area contributed by atoms with E-state index in [0.29, 0.717) is 5.92 Å². The molecule has 0 aliphatic heterocycles. The number of nitrogens with zero attached hydrogens (tertiary/aromatic N) is 2. The molecule has 1 heterocycles. The molecule has 0 saturated heterocycles. The fraction of sp³-hybridized carbons (Fsp3) is 0.360. The molecule has 0 aliphatic rings. The van der Waals surface area contributed by atoms with E-state index in [1.54, 1.807) is 0 Å². The van der Waals surface area contributed by atoms with Gasteiger partial charge in [-0.15, -0.1) is 0 Å². The number of carbonyl (C=O) groups is 1. The number of benzene rings is 2. The van der Waals surface area contributed by atoms with E-state index in [9.17, 15) is 4.79 Å². The summed E-state index contributed by atoms with van der Waals surface area (Å²) in [7, 11) is 0. The van der Waals surface area contributed by atoms with Crippen molar-refractivity contribution in [3.8, 4) is 5.69 Å². The van der Waals surface area contributed by atoms with Crippen molar-refractivity contribution in [1.82, 2.24) is 15.1 Å². The maximum atomic E-state index is 12.7. The lowest BCUT2D eigenvalue weighted by Gasteiger charge is -2.23. The Morgan fingerprint density at radius 2 is 1.70 bits per heavy atom. The first-order chi connectivity index (χ1) is 14.4. The summed E-state index contributed by atoms with van der Waals surface area (Å²) in [6.07, 6.45) is 1.03. The number of carbonyl (C=O) groups excluding carboxylic acids is 1. The summed E-state index contributed by atoms with van der Waals surface area (Å²) >= 11 is 0. The molecule has 0 bridgehead atoms. The van der Waals surface area contributed by atoms with Crippen LogP contribution in [-0.2, 0) is 11.2 Å². The molecule has 0 spiro atoms. The van der Waals surface area contributed by atoms with E-state index in [0.717, 1.165) is 29.2 Å². The second-order valence-corrected chi connectivity index (χ2v) is 8.04. The highest BCUT2D eigenvalue weighted by atomic mass is 16.1. The lowest BCUT2D eigenvalue weighted by molar-refractivity contribution is -0.115. The molecule has 1 aromatic heterocycles. The number of nitrogens with one attached hydrogen (secondary N) is 2. The van der Waals surface area contributed by atoms with Crippen molar-refractivity contribution in [3.05, 3.63) is 77.1 Å². The maximum absolute atomic E-state index is 12.7. The molecular formula is C25H32N4O. The van der Waals surface area contributed by atoms with E-state index in [2.05, 4.69) is 60.8 Å². The van der Waals surface area contributed by atoms with Crippen LogP contribution in [0.4, 0.5) is 5.69 Å². The Balaban J connectivity index is 1.68. The van der Waals surface area contributed by atoms with Crippen molar-refractivity contribution in [2.45, 2.75) is 47.1 Å². The predicted molar refractivity (Wildman–Crippen MR) is 123 cm³/mol. The first-order valence-corrected chi connectivity index (χ1v) is 10.6. The molecule has 3 rings (SSSR count). The zero-order valence-corrected chi connectivity index (χ0v) is 18.6. The van der Waals surface area contributed by atoms with Crippen LogP contribution in [0.1, 0.15) is 49.3 Å². The first-order valence-electron chi connectivity index (χ1n) is 10.6. The smallest absolute Gasteiger partial charge is 0.238 e. The Hall–Kier alpha value is -2.92. The Labute approximate surface area is 179 Å². The molecule has 158 valence electrons. The maximum Gasteiger partial charge on any atom is 0.238 e. The third kappa shape index (κ3) is 4.97. The van der Waals surface area contributed by atoms with Crippen molar-refractivity contribution in [3.63, 3.8) is 0 Å². The van der Waals surface area contributed by atoms with Crippen LogP contribution in [0.25, 0.3) is 5.69 Å². The van der Waals surface area contributed by atoms with Crippen molar-refractivity contribution in [2.75, 3.05) is 11.9 Å². The summed E-state index contributed by atoms with van der Waals surface area (Å²) in [4.78, 5) is 12.7. The zero-order chi connectivity index (χ0) is 21.7. The Kier molecular flexibility index (Phi) is 7.06. The fourth-order valence-corrected chi connectivity index (χ4v) is 3.73.